The second kappa shape index (κ2) is 10.1. The van der Waals surface area contributed by atoms with E-state index >= 15 is 0 Å². The number of rotatable bonds is 7. The first-order chi connectivity index (χ1) is 16.0. The Kier molecular flexibility index (Phi) is 7.05. The number of carbonyl (C=O) groups excluding carboxylic acids is 2. The van der Waals surface area contributed by atoms with Gasteiger partial charge in [0.05, 0.1) is 32.9 Å². The third kappa shape index (κ3) is 4.77. The molecule has 3 heterocycles. The van der Waals surface area contributed by atoms with E-state index in [9.17, 15) is 14.7 Å². The van der Waals surface area contributed by atoms with E-state index in [4.69, 9.17) is 9.47 Å². The number of methoxy groups -OCH3 is 1. The van der Waals surface area contributed by atoms with E-state index in [-0.39, 0.29) is 5.57 Å². The van der Waals surface area contributed by atoms with Crippen molar-refractivity contribution in [3.8, 4) is 5.75 Å². The van der Waals surface area contributed by atoms with Crippen molar-refractivity contribution in [2.24, 2.45) is 0 Å². The van der Waals surface area contributed by atoms with Crippen molar-refractivity contribution in [1.82, 2.24) is 9.88 Å². The summed E-state index contributed by atoms with van der Waals surface area (Å²) in [6.07, 6.45) is 3.96. The second-order valence-corrected chi connectivity index (χ2v) is 8.40. The maximum atomic E-state index is 13.6. The Bertz CT molecular complexity index is 1050. The molecule has 2 aliphatic rings. The van der Waals surface area contributed by atoms with Crippen molar-refractivity contribution < 1.29 is 29.1 Å². The number of morpholine rings is 1. The molecular weight excluding hydrogens is 422 g/mol. The number of pyridine rings is 1. The van der Waals surface area contributed by atoms with E-state index in [1.54, 1.807) is 61.7 Å². The molecule has 4 rings (SSSR count). The Labute approximate surface area is 193 Å². The van der Waals surface area contributed by atoms with Gasteiger partial charge in [-0.05, 0) is 47.9 Å². The summed E-state index contributed by atoms with van der Waals surface area (Å²) < 4.78 is 10.6. The van der Waals surface area contributed by atoms with Crippen molar-refractivity contribution in [1.29, 1.82) is 0 Å². The molecule has 0 saturated carbocycles. The van der Waals surface area contributed by atoms with Crippen LogP contribution in [-0.4, -0.2) is 68.1 Å². The van der Waals surface area contributed by atoms with Gasteiger partial charge in [-0.15, -0.1) is 0 Å². The molecular formula is C25H29N3O5. The number of ether oxygens (including phenoxy) is 2. The minimum atomic E-state index is -0.726. The van der Waals surface area contributed by atoms with Crippen molar-refractivity contribution in [3.63, 3.8) is 0 Å². The second-order valence-electron chi connectivity index (χ2n) is 8.40. The molecule has 0 bridgehead atoms. The topological polar surface area (TPSA) is 96.2 Å². The third-order valence-electron chi connectivity index (χ3n) is 6.36. The number of aromatic nitrogens is 1. The van der Waals surface area contributed by atoms with Gasteiger partial charge in [-0.25, -0.2) is 0 Å². The summed E-state index contributed by atoms with van der Waals surface area (Å²) in [5.74, 6) is -1.14. The molecule has 0 aliphatic carbocycles. The molecule has 33 heavy (non-hydrogen) atoms. The van der Waals surface area contributed by atoms with Gasteiger partial charge in [-0.1, -0.05) is 11.8 Å². The van der Waals surface area contributed by atoms with Crippen LogP contribution in [0.25, 0.3) is 5.76 Å². The molecule has 0 spiro atoms. The van der Waals surface area contributed by atoms with Gasteiger partial charge in [-0.2, -0.15) is 0 Å². The van der Waals surface area contributed by atoms with Gasteiger partial charge in [0.25, 0.3) is 5.91 Å². The minimum absolute atomic E-state index is 0.00168. The fraction of sp³-hybridized carbons (Fsp3) is 0.400. The number of carbonyl (C=O) groups is 2. The van der Waals surface area contributed by atoms with E-state index in [0.29, 0.717) is 29.0 Å². The minimum Gasteiger partial charge on any atom is -0.872 e. The summed E-state index contributed by atoms with van der Waals surface area (Å²) in [5, 5.41) is 13.6. The number of Topliss-reactive ketones (excluding diaryl/α,β-unsaturated/α-hetero) is 1. The van der Waals surface area contributed by atoms with Crippen LogP contribution in [-0.2, 0) is 14.3 Å². The molecule has 8 nitrogen and oxygen atoms in total. The first-order valence-corrected chi connectivity index (χ1v) is 11.2. The predicted octanol–water partition coefficient (Wildman–Crippen LogP) is -0.0722. The highest BCUT2D eigenvalue weighted by molar-refractivity contribution is 6.46. The van der Waals surface area contributed by atoms with E-state index in [1.165, 1.54) is 4.90 Å². The highest BCUT2D eigenvalue weighted by atomic mass is 16.5. The summed E-state index contributed by atoms with van der Waals surface area (Å²) in [4.78, 5) is 33.2. The molecule has 1 aromatic carbocycles. The molecule has 2 aliphatic heterocycles. The van der Waals surface area contributed by atoms with Crippen LogP contribution >= 0.6 is 0 Å². The highest BCUT2D eigenvalue weighted by Crippen LogP contribution is 2.39. The number of amides is 1. The number of aryl methyl sites for hydroxylation is 1. The molecule has 0 radical (unpaired) electrons. The van der Waals surface area contributed by atoms with E-state index in [0.717, 1.165) is 39.3 Å². The Morgan fingerprint density at radius 2 is 1.94 bits per heavy atom. The Morgan fingerprint density at radius 1 is 1.21 bits per heavy atom. The molecule has 174 valence electrons. The van der Waals surface area contributed by atoms with Gasteiger partial charge < -0.3 is 24.4 Å². The quantitative estimate of drug-likeness (QED) is 0.360. The lowest BCUT2D eigenvalue weighted by Crippen LogP contribution is -3.14. The number of ketones is 1. The lowest BCUT2D eigenvalue weighted by Gasteiger charge is -2.29. The van der Waals surface area contributed by atoms with Crippen molar-refractivity contribution in [2.45, 2.75) is 19.4 Å². The average molecular weight is 452 g/mol. The first-order valence-electron chi connectivity index (χ1n) is 11.2. The van der Waals surface area contributed by atoms with Gasteiger partial charge in [0, 0.05) is 30.9 Å². The zero-order valence-electron chi connectivity index (χ0n) is 19.0. The number of nitrogens with one attached hydrogen (secondary N) is 1. The molecule has 1 atom stereocenters. The van der Waals surface area contributed by atoms with Gasteiger partial charge in [0.1, 0.15) is 18.8 Å². The number of likely N-dealkylation sites (tertiary alicyclic amines) is 1. The van der Waals surface area contributed by atoms with Crippen LogP contribution in [0, 0.1) is 6.92 Å². The van der Waals surface area contributed by atoms with Crippen LogP contribution in [0.1, 0.15) is 29.2 Å². The van der Waals surface area contributed by atoms with Gasteiger partial charge in [0.15, 0.2) is 0 Å². The number of benzene rings is 1. The third-order valence-corrected chi connectivity index (χ3v) is 6.36. The normalized spacial score (nSPS) is 20.9. The molecule has 1 unspecified atom stereocenters. The van der Waals surface area contributed by atoms with Gasteiger partial charge in [0.2, 0.25) is 5.78 Å². The summed E-state index contributed by atoms with van der Waals surface area (Å²) in [7, 11) is 1.56. The zero-order valence-corrected chi connectivity index (χ0v) is 19.0. The molecule has 2 saturated heterocycles. The predicted molar refractivity (Wildman–Crippen MR) is 119 cm³/mol. The van der Waals surface area contributed by atoms with E-state index in [1.807, 2.05) is 0 Å². The molecule has 8 heteroatoms. The number of quaternary nitrogens is 1. The Balaban J connectivity index is 1.67. The maximum Gasteiger partial charge on any atom is 0.295 e. The Morgan fingerprint density at radius 3 is 2.61 bits per heavy atom. The smallest absolute Gasteiger partial charge is 0.295 e. The standard InChI is InChI=1S/C25H29N3O5/c1-17-16-19(32-2)4-5-20(17)23(29)21-22(18-6-8-26-9-7-18)28(25(31)24(21)30)11-3-10-27-12-14-33-15-13-27/h4-9,16,22,29H,3,10-15H2,1-2H3. The van der Waals surface area contributed by atoms with Crippen molar-refractivity contribution in [3.05, 3.63) is 65.0 Å². The van der Waals surface area contributed by atoms with Gasteiger partial charge in [-0.3, -0.25) is 14.6 Å². The van der Waals surface area contributed by atoms with Crippen LogP contribution in [0.15, 0.2) is 48.3 Å². The first kappa shape index (κ1) is 22.9. The highest BCUT2D eigenvalue weighted by Gasteiger charge is 2.44. The average Bonchev–Trinajstić information content (AvgIpc) is 3.10. The zero-order chi connectivity index (χ0) is 23.4. The summed E-state index contributed by atoms with van der Waals surface area (Å²) >= 11 is 0. The number of nitrogens with zero attached hydrogens (tertiary/aromatic N) is 2. The van der Waals surface area contributed by atoms with E-state index < -0.39 is 23.5 Å². The summed E-state index contributed by atoms with van der Waals surface area (Å²) in [5.41, 5.74) is 1.79. The molecule has 1 amide bonds. The van der Waals surface area contributed by atoms with Crippen LogP contribution in [0.3, 0.4) is 0 Å². The molecule has 1 N–H and O–H groups in total. The molecule has 1 aromatic heterocycles. The fourth-order valence-corrected chi connectivity index (χ4v) is 4.57. The van der Waals surface area contributed by atoms with Crippen molar-refractivity contribution >= 4 is 17.4 Å². The summed E-state index contributed by atoms with van der Waals surface area (Å²) in [6.45, 7) is 6.43. The Hall–Kier alpha value is -3.23. The largest absolute Gasteiger partial charge is 0.872 e. The van der Waals surface area contributed by atoms with Crippen LogP contribution in [0.2, 0.25) is 0 Å². The van der Waals surface area contributed by atoms with E-state index in [2.05, 4.69) is 4.98 Å². The lowest BCUT2D eigenvalue weighted by atomic mass is 9.94. The number of hydrogen-bond acceptors (Lipinski definition) is 6. The van der Waals surface area contributed by atoms with Crippen LogP contribution in [0.5, 0.6) is 5.75 Å². The lowest BCUT2D eigenvalue weighted by molar-refractivity contribution is -0.908. The summed E-state index contributed by atoms with van der Waals surface area (Å²) in [6, 6.07) is 7.87. The van der Waals surface area contributed by atoms with Gasteiger partial charge >= 0.3 is 0 Å². The molecule has 2 fully saturated rings. The van der Waals surface area contributed by atoms with Crippen LogP contribution < -0.4 is 14.7 Å². The SMILES string of the molecule is COc1ccc(C([O-])=C2C(=O)C(=O)N(CCC[NH+]3CCOCC3)C2c2ccncc2)c(C)c1. The molecule has 2 aromatic rings. The fourth-order valence-electron chi connectivity index (χ4n) is 4.57. The monoisotopic (exact) mass is 451 g/mol. The van der Waals surface area contributed by atoms with Crippen molar-refractivity contribution in [2.75, 3.05) is 46.5 Å². The number of hydrogen-bond donors (Lipinski definition) is 1. The van der Waals surface area contributed by atoms with Crippen LogP contribution in [0.4, 0.5) is 0 Å². The maximum absolute atomic E-state index is 13.6.